The summed E-state index contributed by atoms with van der Waals surface area (Å²) in [7, 11) is 1.58. The van der Waals surface area contributed by atoms with Crippen LogP contribution in [-0.4, -0.2) is 18.8 Å². The van der Waals surface area contributed by atoms with Crippen LogP contribution in [0, 0.1) is 0 Å². The third-order valence-electron chi connectivity index (χ3n) is 2.15. The van der Waals surface area contributed by atoms with Crippen LogP contribution in [0.3, 0.4) is 0 Å². The number of hydrogen-bond acceptors (Lipinski definition) is 2. The number of halogens is 4. The van der Waals surface area contributed by atoms with Crippen molar-refractivity contribution in [3.63, 3.8) is 0 Å². The highest BCUT2D eigenvalue weighted by atomic mass is 35.5. The van der Waals surface area contributed by atoms with Crippen LogP contribution in [0.2, 0.25) is 0 Å². The van der Waals surface area contributed by atoms with Gasteiger partial charge in [0.1, 0.15) is 0 Å². The lowest BCUT2D eigenvalue weighted by Crippen LogP contribution is -2.20. The van der Waals surface area contributed by atoms with Crippen molar-refractivity contribution >= 4 is 12.4 Å². The standard InChI is InChI=1S/C10H12F3NO.ClH/c1-14-9(6-15)7-3-2-4-8(5-7)10(11,12)13;/h2-5,9,14-15H,6H2,1H3;1H. The van der Waals surface area contributed by atoms with Gasteiger partial charge < -0.3 is 10.4 Å². The molecule has 0 saturated heterocycles. The van der Waals surface area contributed by atoms with Crippen LogP contribution in [-0.2, 0) is 6.18 Å². The van der Waals surface area contributed by atoms with Crippen LogP contribution in [0.25, 0.3) is 0 Å². The number of benzene rings is 1. The minimum atomic E-state index is -4.34. The second-order valence-electron chi connectivity index (χ2n) is 3.15. The lowest BCUT2D eigenvalue weighted by atomic mass is 10.0. The summed E-state index contributed by atoms with van der Waals surface area (Å²) in [6.07, 6.45) is -4.34. The van der Waals surface area contributed by atoms with Crippen molar-refractivity contribution in [2.24, 2.45) is 0 Å². The zero-order valence-corrected chi connectivity index (χ0v) is 9.40. The summed E-state index contributed by atoms with van der Waals surface area (Å²) < 4.78 is 37.1. The Morgan fingerprint density at radius 2 is 2.00 bits per heavy atom. The van der Waals surface area contributed by atoms with Crippen molar-refractivity contribution in [3.05, 3.63) is 35.4 Å². The van der Waals surface area contributed by atoms with E-state index in [1.165, 1.54) is 6.07 Å². The molecule has 0 heterocycles. The molecule has 0 radical (unpaired) electrons. The normalized spacial score (nSPS) is 13.1. The summed E-state index contributed by atoms with van der Waals surface area (Å²) in [6.45, 7) is -0.238. The molecule has 0 bridgehead atoms. The van der Waals surface area contributed by atoms with Gasteiger partial charge in [-0.3, -0.25) is 0 Å². The molecule has 1 atom stereocenters. The van der Waals surface area contributed by atoms with Gasteiger partial charge >= 0.3 is 6.18 Å². The van der Waals surface area contributed by atoms with E-state index in [1.807, 2.05) is 0 Å². The van der Waals surface area contributed by atoms with Crippen LogP contribution < -0.4 is 5.32 Å². The predicted molar refractivity (Wildman–Crippen MR) is 57.6 cm³/mol. The van der Waals surface area contributed by atoms with Crippen molar-refractivity contribution in [2.75, 3.05) is 13.7 Å². The quantitative estimate of drug-likeness (QED) is 0.869. The van der Waals surface area contributed by atoms with Crippen LogP contribution in [0.1, 0.15) is 17.2 Å². The highest BCUT2D eigenvalue weighted by Gasteiger charge is 2.30. The molecular weight excluding hydrogens is 243 g/mol. The van der Waals surface area contributed by atoms with Crippen LogP contribution in [0.15, 0.2) is 24.3 Å². The first-order valence-electron chi connectivity index (χ1n) is 4.44. The van der Waals surface area contributed by atoms with Gasteiger partial charge in [0.15, 0.2) is 0 Å². The lowest BCUT2D eigenvalue weighted by molar-refractivity contribution is -0.137. The van der Waals surface area contributed by atoms with E-state index in [1.54, 1.807) is 13.1 Å². The maximum atomic E-state index is 12.4. The Kier molecular flexibility index (Phi) is 5.78. The van der Waals surface area contributed by atoms with E-state index in [-0.39, 0.29) is 19.0 Å². The fraction of sp³-hybridized carbons (Fsp3) is 0.400. The summed E-state index contributed by atoms with van der Waals surface area (Å²) in [5.41, 5.74) is -0.275. The number of likely N-dealkylation sites (N-methyl/N-ethyl adjacent to an activating group) is 1. The van der Waals surface area contributed by atoms with Crippen LogP contribution in [0.4, 0.5) is 13.2 Å². The molecule has 2 N–H and O–H groups in total. The Bertz CT molecular complexity index is 326. The molecule has 0 aliphatic carbocycles. The van der Waals surface area contributed by atoms with E-state index in [2.05, 4.69) is 5.32 Å². The molecule has 1 rings (SSSR count). The maximum Gasteiger partial charge on any atom is 0.416 e. The summed E-state index contributed by atoms with van der Waals surface area (Å²) in [5.74, 6) is 0. The summed E-state index contributed by atoms with van der Waals surface area (Å²) in [4.78, 5) is 0. The molecule has 0 fully saturated rings. The molecule has 2 nitrogen and oxygen atoms in total. The third kappa shape index (κ3) is 3.66. The second-order valence-corrected chi connectivity index (χ2v) is 3.15. The first-order valence-corrected chi connectivity index (χ1v) is 4.44. The van der Waals surface area contributed by atoms with Gasteiger partial charge in [0.05, 0.1) is 18.2 Å². The van der Waals surface area contributed by atoms with Gasteiger partial charge in [0, 0.05) is 0 Å². The fourth-order valence-electron chi connectivity index (χ4n) is 1.30. The van der Waals surface area contributed by atoms with Crippen molar-refractivity contribution < 1.29 is 18.3 Å². The van der Waals surface area contributed by atoms with Gasteiger partial charge in [0.2, 0.25) is 0 Å². The smallest absolute Gasteiger partial charge is 0.394 e. The Labute approximate surface area is 97.9 Å². The molecule has 0 aliphatic rings. The Hall–Kier alpha value is -0.780. The number of rotatable bonds is 3. The fourth-order valence-corrected chi connectivity index (χ4v) is 1.30. The molecule has 1 aromatic rings. The summed E-state index contributed by atoms with van der Waals surface area (Å²) in [5, 5.41) is 11.7. The highest BCUT2D eigenvalue weighted by Crippen LogP contribution is 2.30. The van der Waals surface area contributed by atoms with E-state index < -0.39 is 17.8 Å². The Morgan fingerprint density at radius 1 is 1.38 bits per heavy atom. The van der Waals surface area contributed by atoms with E-state index in [0.717, 1.165) is 12.1 Å². The molecule has 6 heteroatoms. The molecular formula is C10H13ClF3NO. The van der Waals surface area contributed by atoms with Gasteiger partial charge in [0.25, 0.3) is 0 Å². The number of alkyl halides is 3. The molecule has 0 aliphatic heterocycles. The summed E-state index contributed by atoms with van der Waals surface area (Å²) in [6, 6.07) is 4.46. The number of hydrogen-bond donors (Lipinski definition) is 2. The van der Waals surface area contributed by atoms with Crippen molar-refractivity contribution in [1.29, 1.82) is 0 Å². The minimum Gasteiger partial charge on any atom is -0.394 e. The monoisotopic (exact) mass is 255 g/mol. The zero-order valence-electron chi connectivity index (χ0n) is 8.58. The van der Waals surface area contributed by atoms with E-state index >= 15 is 0 Å². The van der Waals surface area contributed by atoms with Gasteiger partial charge in [-0.2, -0.15) is 13.2 Å². The first kappa shape index (κ1) is 15.2. The van der Waals surface area contributed by atoms with Crippen molar-refractivity contribution in [2.45, 2.75) is 12.2 Å². The molecule has 0 aromatic heterocycles. The zero-order chi connectivity index (χ0) is 11.5. The topological polar surface area (TPSA) is 32.3 Å². The average molecular weight is 256 g/mol. The number of aliphatic hydroxyl groups excluding tert-OH is 1. The molecule has 0 amide bonds. The van der Waals surface area contributed by atoms with Gasteiger partial charge in [-0.25, -0.2) is 0 Å². The molecule has 1 unspecified atom stereocenters. The van der Waals surface area contributed by atoms with Gasteiger partial charge in [-0.15, -0.1) is 12.4 Å². The molecule has 92 valence electrons. The van der Waals surface area contributed by atoms with E-state index in [0.29, 0.717) is 5.56 Å². The Balaban J connectivity index is 0.00000225. The molecule has 1 aromatic carbocycles. The minimum absolute atomic E-state index is 0. The number of nitrogens with one attached hydrogen (secondary N) is 1. The molecule has 0 spiro atoms. The van der Waals surface area contributed by atoms with Crippen molar-refractivity contribution in [3.8, 4) is 0 Å². The largest absolute Gasteiger partial charge is 0.416 e. The highest BCUT2D eigenvalue weighted by molar-refractivity contribution is 5.85. The van der Waals surface area contributed by atoms with Gasteiger partial charge in [-0.1, -0.05) is 12.1 Å². The Morgan fingerprint density at radius 3 is 2.44 bits per heavy atom. The van der Waals surface area contributed by atoms with E-state index in [9.17, 15) is 13.2 Å². The van der Waals surface area contributed by atoms with E-state index in [4.69, 9.17) is 5.11 Å². The SMILES string of the molecule is CNC(CO)c1cccc(C(F)(F)F)c1.Cl. The average Bonchev–Trinajstić information content (AvgIpc) is 2.19. The maximum absolute atomic E-state index is 12.4. The first-order chi connectivity index (χ1) is 6.99. The van der Waals surface area contributed by atoms with Crippen molar-refractivity contribution in [1.82, 2.24) is 5.32 Å². The van der Waals surface area contributed by atoms with Crippen LogP contribution in [0.5, 0.6) is 0 Å². The number of aliphatic hydroxyl groups is 1. The van der Waals surface area contributed by atoms with Gasteiger partial charge in [-0.05, 0) is 24.7 Å². The third-order valence-corrected chi connectivity index (χ3v) is 2.15. The molecule has 0 saturated carbocycles. The summed E-state index contributed by atoms with van der Waals surface area (Å²) >= 11 is 0. The van der Waals surface area contributed by atoms with Crippen LogP contribution >= 0.6 is 12.4 Å². The lowest BCUT2D eigenvalue weighted by Gasteiger charge is -2.15. The predicted octanol–water partition coefficient (Wildman–Crippen LogP) is 2.38. The second kappa shape index (κ2) is 6.08. The molecule has 16 heavy (non-hydrogen) atoms.